The van der Waals surface area contributed by atoms with Crippen LogP contribution in [0.2, 0.25) is 0 Å². The lowest BCUT2D eigenvalue weighted by molar-refractivity contribution is 0.360. The second-order valence-electron chi connectivity index (χ2n) is 4.30. The van der Waals surface area contributed by atoms with Crippen molar-refractivity contribution in [2.75, 3.05) is 0 Å². The summed E-state index contributed by atoms with van der Waals surface area (Å²) < 4.78 is 27.2. The van der Waals surface area contributed by atoms with Crippen LogP contribution in [-0.2, 0) is 14.8 Å². The zero-order chi connectivity index (χ0) is 10.6. The summed E-state index contributed by atoms with van der Waals surface area (Å²) in [6, 6.07) is 0. The lowest BCUT2D eigenvalue weighted by atomic mass is 9.97. The van der Waals surface area contributed by atoms with E-state index in [4.69, 9.17) is 15.2 Å². The lowest BCUT2D eigenvalue weighted by Crippen LogP contribution is -2.02. The average Bonchev–Trinajstić information content (AvgIpc) is 2.72. The Balaban J connectivity index is 2.03. The lowest BCUT2D eigenvalue weighted by Gasteiger charge is -2.07. The van der Waals surface area contributed by atoms with Crippen molar-refractivity contribution in [2.45, 2.75) is 36.9 Å². The van der Waals surface area contributed by atoms with Crippen LogP contribution in [0.3, 0.4) is 0 Å². The van der Waals surface area contributed by atoms with E-state index in [1.54, 1.807) is 0 Å². The summed E-state index contributed by atoms with van der Waals surface area (Å²) in [7, 11) is 1.68. The van der Waals surface area contributed by atoms with Gasteiger partial charge in [0.2, 0.25) is 9.05 Å². The van der Waals surface area contributed by atoms with Gasteiger partial charge in [-0.2, -0.15) is 0 Å². The Labute approximate surface area is 92.0 Å². The van der Waals surface area contributed by atoms with E-state index in [-0.39, 0.29) is 5.75 Å². The summed E-state index contributed by atoms with van der Waals surface area (Å²) in [5.74, 6) is 1.60. The van der Waals surface area contributed by atoms with E-state index in [0.717, 1.165) is 30.6 Å². The molecule has 2 unspecified atom stereocenters. The number of rotatable bonds is 2. The van der Waals surface area contributed by atoms with Crippen LogP contribution < -0.4 is 0 Å². The largest absolute Gasteiger partial charge is 0.361 e. The van der Waals surface area contributed by atoms with E-state index in [1.165, 1.54) is 0 Å². The van der Waals surface area contributed by atoms with E-state index in [2.05, 4.69) is 5.16 Å². The Morgan fingerprint density at radius 1 is 1.40 bits per heavy atom. The van der Waals surface area contributed by atoms with Crippen molar-refractivity contribution in [1.29, 1.82) is 0 Å². The summed E-state index contributed by atoms with van der Waals surface area (Å²) in [6.45, 7) is 0. The zero-order valence-electron chi connectivity index (χ0n) is 7.94. The topological polar surface area (TPSA) is 60.2 Å². The van der Waals surface area contributed by atoms with Crippen LogP contribution in [0.5, 0.6) is 0 Å². The summed E-state index contributed by atoms with van der Waals surface area (Å²) in [4.78, 5) is 0. The number of halogens is 1. The van der Waals surface area contributed by atoms with Crippen LogP contribution in [0.25, 0.3) is 0 Å². The van der Waals surface area contributed by atoms with Gasteiger partial charge in [-0.25, -0.2) is 8.42 Å². The maximum Gasteiger partial charge on any atom is 0.238 e. The standard InChI is InChI=1S/C9H10ClNO3S/c10-15(12,13)4-7-8-5-1-2-6(3-5)9(8)14-11-7/h5-6H,1-4H2. The van der Waals surface area contributed by atoms with Gasteiger partial charge in [0, 0.05) is 22.2 Å². The number of hydrogen-bond donors (Lipinski definition) is 0. The third kappa shape index (κ3) is 1.49. The molecule has 2 aliphatic rings. The molecule has 0 saturated heterocycles. The first-order chi connectivity index (χ1) is 7.04. The van der Waals surface area contributed by atoms with E-state index in [9.17, 15) is 8.42 Å². The predicted octanol–water partition coefficient (Wildman–Crippen LogP) is 2.11. The van der Waals surface area contributed by atoms with E-state index in [0.29, 0.717) is 17.5 Å². The van der Waals surface area contributed by atoms with Crippen molar-refractivity contribution < 1.29 is 12.9 Å². The molecule has 0 spiro atoms. The average molecular weight is 248 g/mol. The molecule has 0 aromatic carbocycles. The fraction of sp³-hybridized carbons (Fsp3) is 0.667. The summed E-state index contributed by atoms with van der Waals surface area (Å²) in [5.41, 5.74) is 1.54. The first-order valence-electron chi connectivity index (χ1n) is 4.95. The summed E-state index contributed by atoms with van der Waals surface area (Å²) in [6.07, 6.45) is 3.35. The highest BCUT2D eigenvalue weighted by molar-refractivity contribution is 8.13. The van der Waals surface area contributed by atoms with Gasteiger partial charge in [-0.1, -0.05) is 5.16 Å². The first kappa shape index (κ1) is 9.66. The molecule has 6 heteroatoms. The molecule has 0 aliphatic heterocycles. The molecule has 3 rings (SSSR count). The zero-order valence-corrected chi connectivity index (χ0v) is 9.51. The molecule has 2 aliphatic carbocycles. The van der Waals surface area contributed by atoms with E-state index >= 15 is 0 Å². The van der Waals surface area contributed by atoms with Crippen molar-refractivity contribution >= 4 is 19.7 Å². The Hall–Kier alpha value is -0.550. The molecular weight excluding hydrogens is 238 g/mol. The molecule has 0 amide bonds. The van der Waals surface area contributed by atoms with Crippen molar-refractivity contribution in [2.24, 2.45) is 0 Å². The Morgan fingerprint density at radius 3 is 2.87 bits per heavy atom. The van der Waals surface area contributed by atoms with Crippen LogP contribution in [0.15, 0.2) is 4.52 Å². The minimum atomic E-state index is -3.54. The molecule has 2 bridgehead atoms. The van der Waals surface area contributed by atoms with Crippen molar-refractivity contribution in [3.63, 3.8) is 0 Å². The molecule has 1 fully saturated rings. The highest BCUT2D eigenvalue weighted by Crippen LogP contribution is 2.54. The highest BCUT2D eigenvalue weighted by atomic mass is 35.7. The number of fused-ring (bicyclic) bond motifs is 5. The van der Waals surface area contributed by atoms with Crippen LogP contribution in [0.1, 0.15) is 48.1 Å². The third-order valence-electron chi connectivity index (χ3n) is 3.35. The normalized spacial score (nSPS) is 28.3. The van der Waals surface area contributed by atoms with E-state index in [1.807, 2.05) is 0 Å². The molecule has 4 nitrogen and oxygen atoms in total. The predicted molar refractivity (Wildman–Crippen MR) is 54.3 cm³/mol. The van der Waals surface area contributed by atoms with Crippen molar-refractivity contribution in [3.8, 4) is 0 Å². The molecule has 15 heavy (non-hydrogen) atoms. The quantitative estimate of drug-likeness (QED) is 0.751. The number of nitrogens with zero attached hydrogens (tertiary/aromatic N) is 1. The highest BCUT2D eigenvalue weighted by Gasteiger charge is 2.43. The fourth-order valence-electron chi connectivity index (χ4n) is 2.83. The molecule has 82 valence electrons. The van der Waals surface area contributed by atoms with Crippen LogP contribution in [-0.4, -0.2) is 13.6 Å². The molecule has 0 radical (unpaired) electrons. The van der Waals surface area contributed by atoms with E-state index < -0.39 is 9.05 Å². The van der Waals surface area contributed by atoms with Crippen LogP contribution >= 0.6 is 10.7 Å². The number of aromatic nitrogens is 1. The molecule has 1 aromatic rings. The van der Waals surface area contributed by atoms with Gasteiger partial charge in [-0.05, 0) is 25.2 Å². The Bertz CT molecular complexity index is 507. The molecule has 2 atom stereocenters. The first-order valence-corrected chi connectivity index (χ1v) is 7.43. The summed E-state index contributed by atoms with van der Waals surface area (Å²) in [5, 5.41) is 3.83. The third-order valence-corrected chi connectivity index (χ3v) is 4.30. The van der Waals surface area contributed by atoms with Crippen molar-refractivity contribution in [3.05, 3.63) is 17.0 Å². The van der Waals surface area contributed by atoms with Crippen molar-refractivity contribution in [1.82, 2.24) is 5.16 Å². The molecule has 0 N–H and O–H groups in total. The maximum absolute atomic E-state index is 11.0. The maximum atomic E-state index is 11.0. The molecule has 1 aromatic heterocycles. The van der Waals surface area contributed by atoms with Gasteiger partial charge < -0.3 is 4.52 Å². The second kappa shape index (κ2) is 2.98. The number of hydrogen-bond acceptors (Lipinski definition) is 4. The molecule has 1 heterocycles. The van der Waals surface area contributed by atoms with Gasteiger partial charge >= 0.3 is 0 Å². The van der Waals surface area contributed by atoms with Gasteiger partial charge in [-0.15, -0.1) is 0 Å². The smallest absolute Gasteiger partial charge is 0.238 e. The Kier molecular flexibility index (Phi) is 1.92. The second-order valence-corrected chi connectivity index (χ2v) is 7.07. The minimum Gasteiger partial charge on any atom is -0.361 e. The minimum absolute atomic E-state index is 0.212. The van der Waals surface area contributed by atoms with Gasteiger partial charge in [0.05, 0.1) is 0 Å². The molecule has 1 saturated carbocycles. The summed E-state index contributed by atoms with van der Waals surface area (Å²) >= 11 is 0. The Morgan fingerprint density at radius 2 is 2.13 bits per heavy atom. The van der Waals surface area contributed by atoms with Gasteiger partial charge in [0.15, 0.2) is 0 Å². The molecular formula is C9H10ClNO3S. The SMILES string of the molecule is O=S(=O)(Cl)Cc1noc2c1C1CCC2C1. The van der Waals surface area contributed by atoms with Gasteiger partial charge in [-0.3, -0.25) is 0 Å². The van der Waals surface area contributed by atoms with Gasteiger partial charge in [0.1, 0.15) is 17.2 Å². The monoisotopic (exact) mass is 247 g/mol. The van der Waals surface area contributed by atoms with Gasteiger partial charge in [0.25, 0.3) is 0 Å². The van der Waals surface area contributed by atoms with Crippen LogP contribution in [0.4, 0.5) is 0 Å². The van der Waals surface area contributed by atoms with Crippen LogP contribution in [0, 0.1) is 0 Å². The fourth-order valence-corrected chi connectivity index (χ4v) is 3.67.